The van der Waals surface area contributed by atoms with Gasteiger partial charge in [-0.2, -0.15) is 5.26 Å². The summed E-state index contributed by atoms with van der Waals surface area (Å²) in [6, 6.07) is 9.99. The third-order valence-electron chi connectivity index (χ3n) is 5.12. The highest BCUT2D eigenvalue weighted by molar-refractivity contribution is 6.01. The maximum atomic E-state index is 12.5. The van der Waals surface area contributed by atoms with Crippen LogP contribution in [0.5, 0.6) is 0 Å². The monoisotopic (exact) mass is 405 g/mol. The van der Waals surface area contributed by atoms with Crippen LogP contribution < -0.4 is 5.32 Å². The van der Waals surface area contributed by atoms with Crippen LogP contribution in [0.15, 0.2) is 42.2 Å². The number of amides is 1. The lowest BCUT2D eigenvalue weighted by Crippen LogP contribution is -2.26. The van der Waals surface area contributed by atoms with Crippen LogP contribution in [-0.2, 0) is 16.0 Å². The molecule has 1 unspecified atom stereocenters. The van der Waals surface area contributed by atoms with Crippen LogP contribution in [0.25, 0.3) is 11.7 Å². The molecule has 3 rings (SSSR count). The van der Waals surface area contributed by atoms with Gasteiger partial charge in [-0.3, -0.25) is 4.79 Å². The molecule has 7 heteroatoms. The molecule has 156 valence electrons. The van der Waals surface area contributed by atoms with Gasteiger partial charge in [0.05, 0.1) is 18.3 Å². The number of rotatable bonds is 8. The largest absolute Gasteiger partial charge is 0.383 e. The van der Waals surface area contributed by atoms with E-state index in [1.807, 2.05) is 61.0 Å². The average Bonchev–Trinajstić information content (AvgIpc) is 3.25. The van der Waals surface area contributed by atoms with Crippen LogP contribution >= 0.6 is 0 Å². The summed E-state index contributed by atoms with van der Waals surface area (Å²) < 4.78 is 9.36. The Morgan fingerprint density at radius 2 is 2.20 bits per heavy atom. The summed E-state index contributed by atoms with van der Waals surface area (Å²) in [5, 5.41) is 12.3. The number of nitrogens with one attached hydrogen (secondary N) is 1. The fraction of sp³-hybridized carbons (Fsp3) is 0.348. The van der Waals surface area contributed by atoms with E-state index in [9.17, 15) is 10.1 Å². The first kappa shape index (κ1) is 21.3. The smallest absolute Gasteiger partial charge is 0.261 e. The molecule has 0 aliphatic heterocycles. The summed E-state index contributed by atoms with van der Waals surface area (Å²) in [7, 11) is 1.68. The van der Waals surface area contributed by atoms with Crippen molar-refractivity contribution in [2.24, 2.45) is 0 Å². The highest BCUT2D eigenvalue weighted by Gasteiger charge is 2.15. The number of pyridine rings is 1. The standard InChI is InChI=1S/C23H27N5O2/c1-16-11-19(18(3)28(16)17(2)15-30-4)12-20(13-24)23(29)25-9-8-21-14-27-10-6-5-7-22(27)26-21/h5-7,10-12,14,17H,8-9,15H2,1-4H3,(H,25,29)/b20-12-. The quantitative estimate of drug-likeness (QED) is 0.461. The van der Waals surface area contributed by atoms with Gasteiger partial charge in [0.15, 0.2) is 0 Å². The SMILES string of the molecule is COCC(C)n1c(C)cc(/C=C(/C#N)C(=O)NCCc2cn3ccccc3n2)c1C. The number of nitriles is 1. The third-order valence-corrected chi connectivity index (χ3v) is 5.12. The molecule has 1 atom stereocenters. The van der Waals surface area contributed by atoms with Crippen molar-refractivity contribution in [3.63, 3.8) is 0 Å². The summed E-state index contributed by atoms with van der Waals surface area (Å²) in [5.74, 6) is -0.379. The van der Waals surface area contributed by atoms with Crippen molar-refractivity contribution >= 4 is 17.6 Å². The molecule has 0 saturated carbocycles. The van der Waals surface area contributed by atoms with E-state index >= 15 is 0 Å². The lowest BCUT2D eigenvalue weighted by molar-refractivity contribution is -0.117. The number of ether oxygens (including phenoxy) is 1. The van der Waals surface area contributed by atoms with Crippen molar-refractivity contribution in [3.8, 4) is 6.07 Å². The molecule has 1 amide bonds. The zero-order valence-electron chi connectivity index (χ0n) is 17.8. The first-order valence-electron chi connectivity index (χ1n) is 9.94. The van der Waals surface area contributed by atoms with E-state index in [1.165, 1.54) is 0 Å². The Labute approximate surface area is 176 Å². The minimum atomic E-state index is -0.379. The number of imidazole rings is 1. The Kier molecular flexibility index (Phi) is 6.70. The predicted octanol–water partition coefficient (Wildman–Crippen LogP) is 3.23. The maximum absolute atomic E-state index is 12.5. The topological polar surface area (TPSA) is 84.3 Å². The second-order valence-corrected chi connectivity index (χ2v) is 7.37. The number of aryl methyl sites for hydroxylation is 1. The van der Waals surface area contributed by atoms with E-state index in [1.54, 1.807) is 13.2 Å². The van der Waals surface area contributed by atoms with Crippen molar-refractivity contribution in [1.29, 1.82) is 5.26 Å². The molecular weight excluding hydrogens is 378 g/mol. The summed E-state index contributed by atoms with van der Waals surface area (Å²) >= 11 is 0. The molecule has 0 saturated heterocycles. The van der Waals surface area contributed by atoms with Crippen LogP contribution in [-0.4, -0.2) is 40.1 Å². The normalized spacial score (nSPS) is 12.7. The van der Waals surface area contributed by atoms with E-state index in [0.29, 0.717) is 19.6 Å². The molecule has 30 heavy (non-hydrogen) atoms. The molecule has 0 aromatic carbocycles. The van der Waals surface area contributed by atoms with Crippen molar-refractivity contribution in [1.82, 2.24) is 19.3 Å². The van der Waals surface area contributed by atoms with Crippen molar-refractivity contribution in [2.75, 3.05) is 20.3 Å². The molecular formula is C23H27N5O2. The number of hydrogen-bond donors (Lipinski definition) is 1. The molecule has 0 aliphatic rings. The number of carbonyl (C=O) groups is 1. The molecule has 0 spiro atoms. The summed E-state index contributed by atoms with van der Waals surface area (Å²) in [4.78, 5) is 17.0. The number of carbonyl (C=O) groups excluding carboxylic acids is 1. The zero-order chi connectivity index (χ0) is 21.7. The molecule has 0 radical (unpaired) electrons. The van der Waals surface area contributed by atoms with Gasteiger partial charge in [0.1, 0.15) is 17.3 Å². The molecule has 3 aromatic rings. The van der Waals surface area contributed by atoms with Gasteiger partial charge in [-0.05, 0) is 50.6 Å². The van der Waals surface area contributed by atoms with Crippen LogP contribution in [0.2, 0.25) is 0 Å². The van der Waals surface area contributed by atoms with Gasteiger partial charge < -0.3 is 19.0 Å². The minimum Gasteiger partial charge on any atom is -0.383 e. The lowest BCUT2D eigenvalue weighted by atomic mass is 10.1. The molecule has 1 N–H and O–H groups in total. The van der Waals surface area contributed by atoms with Gasteiger partial charge in [0.25, 0.3) is 5.91 Å². The Morgan fingerprint density at radius 1 is 1.40 bits per heavy atom. The Hall–Kier alpha value is -3.37. The fourth-order valence-electron chi connectivity index (χ4n) is 3.75. The number of fused-ring (bicyclic) bond motifs is 1. The van der Waals surface area contributed by atoms with E-state index < -0.39 is 0 Å². The van der Waals surface area contributed by atoms with Crippen LogP contribution in [0.1, 0.15) is 35.6 Å². The number of hydrogen-bond acceptors (Lipinski definition) is 4. The van der Waals surface area contributed by atoms with E-state index in [4.69, 9.17) is 4.74 Å². The van der Waals surface area contributed by atoms with E-state index in [-0.39, 0.29) is 17.5 Å². The van der Waals surface area contributed by atoms with Gasteiger partial charge in [-0.1, -0.05) is 6.07 Å². The fourth-order valence-corrected chi connectivity index (χ4v) is 3.75. The first-order valence-corrected chi connectivity index (χ1v) is 9.94. The second-order valence-electron chi connectivity index (χ2n) is 7.37. The second kappa shape index (κ2) is 9.42. The number of methoxy groups -OCH3 is 1. The van der Waals surface area contributed by atoms with Gasteiger partial charge in [-0.15, -0.1) is 0 Å². The van der Waals surface area contributed by atoms with Gasteiger partial charge >= 0.3 is 0 Å². The third kappa shape index (κ3) is 4.61. The summed E-state index contributed by atoms with van der Waals surface area (Å²) in [5.41, 5.74) is 4.77. The Morgan fingerprint density at radius 3 is 2.90 bits per heavy atom. The summed E-state index contributed by atoms with van der Waals surface area (Å²) in [6.45, 7) is 7.08. The molecule has 3 aromatic heterocycles. The number of aromatic nitrogens is 3. The van der Waals surface area contributed by atoms with Crippen molar-refractivity contribution in [2.45, 2.75) is 33.2 Å². The highest BCUT2D eigenvalue weighted by atomic mass is 16.5. The van der Waals surface area contributed by atoms with Crippen molar-refractivity contribution in [3.05, 3.63) is 64.9 Å². The predicted molar refractivity (Wildman–Crippen MR) is 116 cm³/mol. The molecule has 3 heterocycles. The molecule has 0 fully saturated rings. The van der Waals surface area contributed by atoms with Gasteiger partial charge in [0, 0.05) is 43.9 Å². The number of nitrogens with zero attached hydrogens (tertiary/aromatic N) is 4. The van der Waals surface area contributed by atoms with Crippen molar-refractivity contribution < 1.29 is 9.53 Å². The summed E-state index contributed by atoms with van der Waals surface area (Å²) in [6.07, 6.45) is 6.12. The van der Waals surface area contributed by atoms with Crippen LogP contribution in [0, 0.1) is 25.2 Å². The van der Waals surface area contributed by atoms with E-state index in [2.05, 4.69) is 21.8 Å². The van der Waals surface area contributed by atoms with Crippen LogP contribution in [0.3, 0.4) is 0 Å². The van der Waals surface area contributed by atoms with Gasteiger partial charge in [0.2, 0.25) is 0 Å². The molecule has 7 nitrogen and oxygen atoms in total. The Balaban J connectivity index is 1.67. The minimum absolute atomic E-state index is 0.0876. The lowest BCUT2D eigenvalue weighted by Gasteiger charge is -2.17. The maximum Gasteiger partial charge on any atom is 0.261 e. The van der Waals surface area contributed by atoms with Gasteiger partial charge in [-0.25, -0.2) is 4.98 Å². The highest BCUT2D eigenvalue weighted by Crippen LogP contribution is 2.22. The zero-order valence-corrected chi connectivity index (χ0v) is 17.8. The Bertz CT molecular complexity index is 1080. The molecule has 0 bridgehead atoms. The molecule has 0 aliphatic carbocycles. The average molecular weight is 406 g/mol. The first-order chi connectivity index (χ1) is 14.4. The van der Waals surface area contributed by atoms with Crippen LogP contribution in [0.4, 0.5) is 0 Å². The van der Waals surface area contributed by atoms with E-state index in [0.717, 1.165) is 28.3 Å².